The van der Waals surface area contributed by atoms with Crippen LogP contribution in [0.1, 0.15) is 36.3 Å². The molecule has 4 nitrogen and oxygen atoms in total. The van der Waals surface area contributed by atoms with Crippen LogP contribution in [0.25, 0.3) is 0 Å². The average molecular weight is 291 g/mol. The van der Waals surface area contributed by atoms with Gasteiger partial charge < -0.3 is 10.2 Å². The van der Waals surface area contributed by atoms with Gasteiger partial charge in [-0.25, -0.2) is 0 Å². The zero-order valence-electron chi connectivity index (χ0n) is 11.8. The number of rotatable bonds is 8. The minimum absolute atomic E-state index is 0.655. The van der Waals surface area contributed by atoms with Gasteiger partial charge in [-0.05, 0) is 37.4 Å². The van der Waals surface area contributed by atoms with Crippen molar-refractivity contribution in [3.63, 3.8) is 0 Å². The van der Waals surface area contributed by atoms with Gasteiger partial charge >= 0.3 is 0 Å². The lowest BCUT2D eigenvalue weighted by atomic mass is 10.1. The molecule has 0 bridgehead atoms. The molecule has 2 N–H and O–H groups in total. The third-order valence-corrected chi connectivity index (χ3v) is 4.02. The maximum Gasteiger partial charge on any atom is 0.276 e. The summed E-state index contributed by atoms with van der Waals surface area (Å²) in [6.07, 6.45) is 4.08. The summed E-state index contributed by atoms with van der Waals surface area (Å²) in [5, 5.41) is 8.82. The van der Waals surface area contributed by atoms with Crippen LogP contribution in [0.15, 0.2) is 33.9 Å². The average Bonchev–Trinajstić information content (AvgIpc) is 2.91. The van der Waals surface area contributed by atoms with E-state index in [0.29, 0.717) is 5.22 Å². The first-order chi connectivity index (χ1) is 9.79. The highest BCUT2D eigenvalue weighted by molar-refractivity contribution is 7.98. The van der Waals surface area contributed by atoms with Gasteiger partial charge in [-0.15, -0.1) is 10.2 Å². The first-order valence-electron chi connectivity index (χ1n) is 6.99. The van der Waals surface area contributed by atoms with E-state index in [0.717, 1.165) is 43.9 Å². The van der Waals surface area contributed by atoms with E-state index in [1.165, 1.54) is 11.1 Å². The van der Waals surface area contributed by atoms with Gasteiger partial charge in [-0.1, -0.05) is 42.4 Å². The summed E-state index contributed by atoms with van der Waals surface area (Å²) in [7, 11) is 0. The first-order valence-corrected chi connectivity index (χ1v) is 7.98. The Balaban J connectivity index is 1.79. The third-order valence-electron chi connectivity index (χ3n) is 3.16. The van der Waals surface area contributed by atoms with Gasteiger partial charge in [0, 0.05) is 12.2 Å². The number of hydrogen-bond donors (Lipinski definition) is 1. The zero-order chi connectivity index (χ0) is 14.2. The molecule has 0 aliphatic heterocycles. The normalized spacial score (nSPS) is 10.9. The summed E-state index contributed by atoms with van der Waals surface area (Å²) in [4.78, 5) is 0. The van der Waals surface area contributed by atoms with Crippen LogP contribution in [-0.4, -0.2) is 16.7 Å². The molecule has 0 radical (unpaired) electrons. The maximum absolute atomic E-state index is 5.63. The molecule has 0 saturated heterocycles. The molecular weight excluding hydrogens is 270 g/mol. The van der Waals surface area contributed by atoms with Gasteiger partial charge in [-0.2, -0.15) is 0 Å². The Morgan fingerprint density at radius 1 is 1.15 bits per heavy atom. The summed E-state index contributed by atoms with van der Waals surface area (Å²) in [5.74, 6) is 1.59. The largest absolute Gasteiger partial charge is 0.416 e. The van der Waals surface area contributed by atoms with Gasteiger partial charge in [0.15, 0.2) is 0 Å². The predicted octanol–water partition coefficient (Wildman–Crippen LogP) is 3.34. The van der Waals surface area contributed by atoms with Crippen LogP contribution in [0.4, 0.5) is 0 Å². The molecule has 108 valence electrons. The summed E-state index contributed by atoms with van der Waals surface area (Å²) >= 11 is 1.59. The van der Waals surface area contributed by atoms with E-state index in [4.69, 9.17) is 10.2 Å². The van der Waals surface area contributed by atoms with E-state index in [2.05, 4.69) is 41.4 Å². The topological polar surface area (TPSA) is 64.9 Å². The van der Waals surface area contributed by atoms with Crippen LogP contribution in [0.3, 0.4) is 0 Å². The van der Waals surface area contributed by atoms with E-state index in [9.17, 15) is 0 Å². The molecule has 0 spiro atoms. The molecular formula is C15H21N3OS. The van der Waals surface area contributed by atoms with Crippen molar-refractivity contribution in [3.05, 3.63) is 41.3 Å². The fourth-order valence-corrected chi connectivity index (χ4v) is 2.76. The standard InChI is InChI=1S/C15H21N3OS/c1-12-7-4-5-8-13(12)11-20-15-18-17-14(19-15)9-3-2-6-10-16/h4-5,7-8H,2-3,6,9-11,16H2,1H3. The summed E-state index contributed by atoms with van der Waals surface area (Å²) in [6, 6.07) is 8.36. The second-order valence-corrected chi connectivity index (χ2v) is 5.70. The van der Waals surface area contributed by atoms with E-state index in [1.807, 2.05) is 0 Å². The van der Waals surface area contributed by atoms with Crippen molar-refractivity contribution in [2.24, 2.45) is 5.73 Å². The lowest BCUT2D eigenvalue weighted by molar-refractivity contribution is 0.407. The van der Waals surface area contributed by atoms with Crippen molar-refractivity contribution in [1.82, 2.24) is 10.2 Å². The van der Waals surface area contributed by atoms with Crippen LogP contribution >= 0.6 is 11.8 Å². The lowest BCUT2D eigenvalue weighted by Crippen LogP contribution is -1.98. The molecule has 0 aliphatic carbocycles. The van der Waals surface area contributed by atoms with Crippen LogP contribution in [0.5, 0.6) is 0 Å². The Kier molecular flexibility index (Phi) is 6.08. The summed E-state index contributed by atoms with van der Waals surface area (Å²) in [6.45, 7) is 2.87. The van der Waals surface area contributed by atoms with Crippen molar-refractivity contribution in [2.45, 2.75) is 43.6 Å². The highest BCUT2D eigenvalue weighted by Crippen LogP contribution is 2.23. The molecule has 1 aromatic heterocycles. The number of nitrogens with zero attached hydrogens (tertiary/aromatic N) is 2. The van der Waals surface area contributed by atoms with E-state index >= 15 is 0 Å². The summed E-state index contributed by atoms with van der Waals surface area (Å²) in [5.41, 5.74) is 8.06. The predicted molar refractivity (Wildman–Crippen MR) is 81.6 cm³/mol. The van der Waals surface area contributed by atoms with Crippen LogP contribution in [0, 0.1) is 6.92 Å². The second-order valence-electron chi connectivity index (χ2n) is 4.78. The van der Waals surface area contributed by atoms with Crippen LogP contribution in [0.2, 0.25) is 0 Å². The van der Waals surface area contributed by atoms with Gasteiger partial charge in [0.1, 0.15) is 0 Å². The molecule has 0 fully saturated rings. The molecule has 0 aliphatic rings. The highest BCUT2D eigenvalue weighted by Gasteiger charge is 2.07. The number of nitrogens with two attached hydrogens (primary N) is 1. The third kappa shape index (κ3) is 4.65. The van der Waals surface area contributed by atoms with Crippen molar-refractivity contribution >= 4 is 11.8 Å². The number of thioether (sulfide) groups is 1. The molecule has 2 rings (SSSR count). The monoisotopic (exact) mass is 291 g/mol. The molecule has 20 heavy (non-hydrogen) atoms. The zero-order valence-corrected chi connectivity index (χ0v) is 12.7. The van der Waals surface area contributed by atoms with Gasteiger partial charge in [0.05, 0.1) is 0 Å². The van der Waals surface area contributed by atoms with Crippen molar-refractivity contribution in [2.75, 3.05) is 6.54 Å². The van der Waals surface area contributed by atoms with E-state index < -0.39 is 0 Å². The van der Waals surface area contributed by atoms with Gasteiger partial charge in [0.25, 0.3) is 5.22 Å². The van der Waals surface area contributed by atoms with Crippen LogP contribution in [-0.2, 0) is 12.2 Å². The fraction of sp³-hybridized carbons (Fsp3) is 0.467. The fourth-order valence-electron chi connectivity index (χ4n) is 1.91. The molecule has 5 heteroatoms. The van der Waals surface area contributed by atoms with Gasteiger partial charge in [0.2, 0.25) is 5.89 Å². The lowest BCUT2D eigenvalue weighted by Gasteiger charge is -2.02. The Bertz CT molecular complexity index is 527. The molecule has 2 aromatic rings. The van der Waals surface area contributed by atoms with Crippen LogP contribution < -0.4 is 5.73 Å². The minimum atomic E-state index is 0.655. The number of unbranched alkanes of at least 4 members (excludes halogenated alkanes) is 2. The van der Waals surface area contributed by atoms with Crippen molar-refractivity contribution in [3.8, 4) is 0 Å². The smallest absolute Gasteiger partial charge is 0.276 e. The molecule has 0 atom stereocenters. The van der Waals surface area contributed by atoms with Crippen molar-refractivity contribution in [1.29, 1.82) is 0 Å². The number of hydrogen-bond acceptors (Lipinski definition) is 5. The first kappa shape index (κ1) is 15.1. The Labute approximate surface area is 124 Å². The molecule has 0 unspecified atom stereocenters. The number of aryl methyl sites for hydroxylation is 2. The quantitative estimate of drug-likeness (QED) is 0.597. The van der Waals surface area contributed by atoms with Gasteiger partial charge in [-0.3, -0.25) is 0 Å². The SMILES string of the molecule is Cc1ccccc1CSc1nnc(CCCCCN)o1. The maximum atomic E-state index is 5.63. The van der Waals surface area contributed by atoms with Crippen molar-refractivity contribution < 1.29 is 4.42 Å². The highest BCUT2D eigenvalue weighted by atomic mass is 32.2. The Morgan fingerprint density at radius 2 is 2.00 bits per heavy atom. The molecule has 0 amide bonds. The van der Waals surface area contributed by atoms with E-state index in [1.54, 1.807) is 11.8 Å². The Morgan fingerprint density at radius 3 is 2.80 bits per heavy atom. The summed E-state index contributed by atoms with van der Waals surface area (Å²) < 4.78 is 5.63. The minimum Gasteiger partial charge on any atom is -0.416 e. The molecule has 1 heterocycles. The number of aromatic nitrogens is 2. The Hall–Kier alpha value is -1.33. The molecule has 1 aromatic carbocycles. The molecule has 0 saturated carbocycles. The number of benzene rings is 1. The van der Waals surface area contributed by atoms with E-state index in [-0.39, 0.29) is 0 Å². The second kappa shape index (κ2) is 8.07.